The number of aliphatic hydroxyl groups is 1. The number of thioether (sulfide) groups is 1. The zero-order valence-corrected chi connectivity index (χ0v) is 11.0. The van der Waals surface area contributed by atoms with E-state index in [9.17, 15) is 9.18 Å². The van der Waals surface area contributed by atoms with Crippen LogP contribution >= 0.6 is 11.8 Å². The zero-order chi connectivity index (χ0) is 13.5. The number of amides is 1. The number of hydrogen-bond acceptors (Lipinski definition) is 4. The molecular formula is C12H17FN2O2S. The Morgan fingerprint density at radius 2 is 2.33 bits per heavy atom. The highest BCUT2D eigenvalue weighted by atomic mass is 32.2. The Bertz CT molecular complexity index is 415. The van der Waals surface area contributed by atoms with Crippen LogP contribution in [0, 0.1) is 5.82 Å². The van der Waals surface area contributed by atoms with Gasteiger partial charge in [-0.25, -0.2) is 4.39 Å². The maximum absolute atomic E-state index is 12.8. The number of anilines is 2. The lowest BCUT2D eigenvalue weighted by Crippen LogP contribution is -2.14. The molecule has 6 heteroatoms. The fourth-order valence-corrected chi connectivity index (χ4v) is 2.08. The first-order valence-electron chi connectivity index (χ1n) is 5.60. The Labute approximate surface area is 110 Å². The van der Waals surface area contributed by atoms with Gasteiger partial charge in [0.05, 0.1) is 18.0 Å². The van der Waals surface area contributed by atoms with Crippen molar-refractivity contribution >= 4 is 29.0 Å². The number of hydrogen-bond donors (Lipinski definition) is 3. The first-order valence-corrected chi connectivity index (χ1v) is 6.65. The van der Waals surface area contributed by atoms with E-state index in [4.69, 9.17) is 10.8 Å². The minimum absolute atomic E-state index is 0.0944. The SMILES string of the molecule is CC(CO)SCCC(=O)Nc1ccc(F)cc1N. The molecule has 4 N–H and O–H groups in total. The van der Waals surface area contributed by atoms with Gasteiger partial charge in [-0.1, -0.05) is 6.92 Å². The Balaban J connectivity index is 2.40. The summed E-state index contributed by atoms with van der Waals surface area (Å²) in [7, 11) is 0. The molecule has 0 aliphatic heterocycles. The van der Waals surface area contributed by atoms with E-state index in [1.54, 1.807) is 0 Å². The summed E-state index contributed by atoms with van der Waals surface area (Å²) in [5.74, 6) is 0.0121. The summed E-state index contributed by atoms with van der Waals surface area (Å²) in [6, 6.07) is 3.85. The summed E-state index contributed by atoms with van der Waals surface area (Å²) in [6.45, 7) is 1.98. The average molecular weight is 272 g/mol. The lowest BCUT2D eigenvalue weighted by atomic mass is 10.2. The molecule has 1 unspecified atom stereocenters. The van der Waals surface area contributed by atoms with Crippen LogP contribution in [-0.4, -0.2) is 28.6 Å². The van der Waals surface area contributed by atoms with E-state index in [-0.39, 0.29) is 23.5 Å². The van der Waals surface area contributed by atoms with Crippen LogP contribution in [0.25, 0.3) is 0 Å². The van der Waals surface area contributed by atoms with Gasteiger partial charge in [0.25, 0.3) is 0 Å². The van der Waals surface area contributed by atoms with E-state index in [2.05, 4.69) is 5.32 Å². The number of carbonyl (C=O) groups is 1. The lowest BCUT2D eigenvalue weighted by molar-refractivity contribution is -0.115. The van der Waals surface area contributed by atoms with Gasteiger partial charge in [0.15, 0.2) is 0 Å². The number of carbonyl (C=O) groups excluding carboxylic acids is 1. The first-order chi connectivity index (χ1) is 8.52. The van der Waals surface area contributed by atoms with Gasteiger partial charge >= 0.3 is 0 Å². The first kappa shape index (κ1) is 14.8. The van der Waals surface area contributed by atoms with Gasteiger partial charge in [0.1, 0.15) is 5.82 Å². The van der Waals surface area contributed by atoms with Crippen LogP contribution in [0.3, 0.4) is 0 Å². The van der Waals surface area contributed by atoms with Crippen LogP contribution < -0.4 is 11.1 Å². The van der Waals surface area contributed by atoms with Crippen LogP contribution in [0.5, 0.6) is 0 Å². The third-order valence-corrected chi connectivity index (χ3v) is 3.43. The predicted molar refractivity (Wildman–Crippen MR) is 73.1 cm³/mol. The molecule has 0 spiro atoms. The molecule has 0 aliphatic carbocycles. The fraction of sp³-hybridized carbons (Fsp3) is 0.417. The number of aliphatic hydroxyl groups excluding tert-OH is 1. The molecule has 0 saturated heterocycles. The second-order valence-corrected chi connectivity index (χ2v) is 5.44. The third-order valence-electron chi connectivity index (χ3n) is 2.28. The molecule has 0 aliphatic rings. The Kier molecular flexibility index (Phi) is 5.94. The number of nitrogens with one attached hydrogen (secondary N) is 1. The van der Waals surface area contributed by atoms with Crippen LogP contribution in [-0.2, 0) is 4.79 Å². The van der Waals surface area contributed by atoms with Gasteiger partial charge in [-0.3, -0.25) is 4.79 Å². The predicted octanol–water partition coefficient (Wildman–Crippen LogP) is 1.85. The van der Waals surface area contributed by atoms with E-state index in [0.29, 0.717) is 17.9 Å². The van der Waals surface area contributed by atoms with Gasteiger partial charge in [-0.15, -0.1) is 0 Å². The molecule has 1 rings (SSSR count). The second kappa shape index (κ2) is 7.23. The quantitative estimate of drug-likeness (QED) is 0.691. The van der Waals surface area contributed by atoms with E-state index in [1.807, 2.05) is 6.92 Å². The largest absolute Gasteiger partial charge is 0.397 e. The molecule has 0 radical (unpaired) electrons. The average Bonchev–Trinajstić information content (AvgIpc) is 2.32. The van der Waals surface area contributed by atoms with Crippen molar-refractivity contribution in [3.63, 3.8) is 0 Å². The smallest absolute Gasteiger partial charge is 0.225 e. The van der Waals surface area contributed by atoms with Crippen molar-refractivity contribution in [1.82, 2.24) is 0 Å². The molecule has 0 heterocycles. The van der Waals surface area contributed by atoms with Crippen LogP contribution in [0.2, 0.25) is 0 Å². The van der Waals surface area contributed by atoms with E-state index < -0.39 is 5.82 Å². The third kappa shape index (κ3) is 4.93. The molecule has 0 aromatic heterocycles. The zero-order valence-electron chi connectivity index (χ0n) is 10.1. The van der Waals surface area contributed by atoms with Crippen molar-refractivity contribution in [2.24, 2.45) is 0 Å². The minimum atomic E-state index is -0.433. The fourth-order valence-electron chi connectivity index (χ4n) is 1.27. The van der Waals surface area contributed by atoms with Crippen molar-refractivity contribution in [3.05, 3.63) is 24.0 Å². The normalized spacial score (nSPS) is 12.2. The highest BCUT2D eigenvalue weighted by Crippen LogP contribution is 2.19. The number of rotatable bonds is 6. The summed E-state index contributed by atoms with van der Waals surface area (Å²) in [5.41, 5.74) is 6.20. The van der Waals surface area contributed by atoms with Gasteiger partial charge in [0, 0.05) is 17.4 Å². The highest BCUT2D eigenvalue weighted by Gasteiger charge is 2.07. The minimum Gasteiger partial charge on any atom is -0.397 e. The molecule has 1 atom stereocenters. The molecule has 1 amide bonds. The molecule has 100 valence electrons. The van der Waals surface area contributed by atoms with Crippen LogP contribution in [0.1, 0.15) is 13.3 Å². The standard InChI is InChI=1S/C12H17FN2O2S/c1-8(7-16)18-5-4-12(17)15-11-3-2-9(13)6-10(11)14/h2-3,6,8,16H,4-5,7,14H2,1H3,(H,15,17). The van der Waals surface area contributed by atoms with Crippen LogP contribution in [0.4, 0.5) is 15.8 Å². The van der Waals surface area contributed by atoms with Crippen molar-refractivity contribution in [2.75, 3.05) is 23.4 Å². The molecule has 0 bridgehead atoms. The number of nitrogens with two attached hydrogens (primary N) is 1. The van der Waals surface area contributed by atoms with Gasteiger partial charge in [-0.2, -0.15) is 11.8 Å². The van der Waals surface area contributed by atoms with Crippen molar-refractivity contribution in [3.8, 4) is 0 Å². The van der Waals surface area contributed by atoms with E-state index in [0.717, 1.165) is 6.07 Å². The molecule has 18 heavy (non-hydrogen) atoms. The van der Waals surface area contributed by atoms with Gasteiger partial charge in [0.2, 0.25) is 5.91 Å². The lowest BCUT2D eigenvalue weighted by Gasteiger charge is -2.09. The van der Waals surface area contributed by atoms with Crippen molar-refractivity contribution < 1.29 is 14.3 Å². The highest BCUT2D eigenvalue weighted by molar-refractivity contribution is 7.99. The summed E-state index contributed by atoms with van der Waals surface area (Å²) in [6.07, 6.45) is 0.325. The summed E-state index contributed by atoms with van der Waals surface area (Å²) >= 11 is 1.52. The van der Waals surface area contributed by atoms with Gasteiger partial charge < -0.3 is 16.2 Å². The van der Waals surface area contributed by atoms with E-state index >= 15 is 0 Å². The molecular weight excluding hydrogens is 255 g/mol. The Morgan fingerprint density at radius 1 is 1.61 bits per heavy atom. The molecule has 0 saturated carbocycles. The van der Waals surface area contributed by atoms with Crippen molar-refractivity contribution in [1.29, 1.82) is 0 Å². The Hall–Kier alpha value is -1.27. The summed E-state index contributed by atoms with van der Waals surface area (Å²) in [4.78, 5) is 11.6. The molecule has 0 fully saturated rings. The number of nitrogen functional groups attached to an aromatic ring is 1. The maximum Gasteiger partial charge on any atom is 0.225 e. The van der Waals surface area contributed by atoms with Crippen molar-refractivity contribution in [2.45, 2.75) is 18.6 Å². The monoisotopic (exact) mass is 272 g/mol. The Morgan fingerprint density at radius 3 is 2.94 bits per heavy atom. The molecule has 1 aromatic rings. The van der Waals surface area contributed by atoms with Gasteiger partial charge in [-0.05, 0) is 18.2 Å². The van der Waals surface area contributed by atoms with Crippen LogP contribution in [0.15, 0.2) is 18.2 Å². The topological polar surface area (TPSA) is 75.3 Å². The summed E-state index contributed by atoms with van der Waals surface area (Å²) in [5, 5.41) is 11.6. The number of benzene rings is 1. The van der Waals surface area contributed by atoms with E-state index in [1.165, 1.54) is 23.9 Å². The number of halogens is 1. The summed E-state index contributed by atoms with van der Waals surface area (Å²) < 4.78 is 12.8. The molecule has 4 nitrogen and oxygen atoms in total. The molecule has 1 aromatic carbocycles. The maximum atomic E-state index is 12.8. The second-order valence-electron chi connectivity index (χ2n) is 3.89.